The minimum absolute atomic E-state index is 0.153. The first-order valence-corrected chi connectivity index (χ1v) is 8.29. The molecule has 0 saturated carbocycles. The molecule has 1 aromatic rings. The number of carbonyl (C=O) groups is 1. The molecule has 0 bridgehead atoms. The van der Waals surface area contributed by atoms with E-state index in [-0.39, 0.29) is 11.5 Å². The van der Waals surface area contributed by atoms with Crippen LogP contribution >= 0.6 is 0 Å². The number of aromatic nitrogens is 2. The van der Waals surface area contributed by atoms with E-state index in [1.165, 1.54) is 0 Å². The van der Waals surface area contributed by atoms with Crippen LogP contribution in [0.1, 0.15) is 38.0 Å². The predicted octanol–water partition coefficient (Wildman–Crippen LogP) is 0.642. The molecule has 7 nitrogen and oxygen atoms in total. The van der Waals surface area contributed by atoms with Crippen LogP contribution in [0.4, 0.5) is 0 Å². The molecule has 128 valence electrons. The lowest BCUT2D eigenvalue weighted by Crippen LogP contribution is -2.52. The molecule has 3 heterocycles. The fraction of sp³-hybridized carbons (Fsp3) is 0.750. The van der Waals surface area contributed by atoms with Crippen LogP contribution in [0.2, 0.25) is 0 Å². The number of hydrogen-bond donors (Lipinski definition) is 1. The molecule has 1 saturated heterocycles. The molecule has 0 aliphatic carbocycles. The normalized spacial score (nSPS) is 23.0. The molecule has 1 spiro atoms. The van der Waals surface area contributed by atoms with Crippen LogP contribution in [0.3, 0.4) is 0 Å². The maximum atomic E-state index is 12.2. The minimum atomic E-state index is -0.587. The van der Waals surface area contributed by atoms with E-state index in [1.807, 2.05) is 37.0 Å². The summed E-state index contributed by atoms with van der Waals surface area (Å²) < 4.78 is 8.03. The number of amides is 1. The Balaban J connectivity index is 1.68. The molecule has 1 unspecified atom stereocenters. The third-order valence-electron chi connectivity index (χ3n) is 4.77. The summed E-state index contributed by atoms with van der Waals surface area (Å²) in [7, 11) is 3.80. The number of aliphatic hydroxyl groups excluding tert-OH is 1. The van der Waals surface area contributed by atoms with Gasteiger partial charge in [-0.25, -0.2) is 0 Å². The summed E-state index contributed by atoms with van der Waals surface area (Å²) in [6.45, 7) is 4.55. The van der Waals surface area contributed by atoms with Crippen molar-refractivity contribution in [1.29, 1.82) is 0 Å². The Morgan fingerprint density at radius 1 is 1.48 bits per heavy atom. The Hall–Kier alpha value is -1.60. The summed E-state index contributed by atoms with van der Waals surface area (Å²) in [5, 5.41) is 14.8. The first-order valence-electron chi connectivity index (χ1n) is 8.29. The Kier molecular flexibility index (Phi) is 4.33. The summed E-state index contributed by atoms with van der Waals surface area (Å²) >= 11 is 0. The van der Waals surface area contributed by atoms with Crippen molar-refractivity contribution >= 4 is 5.91 Å². The number of aliphatic hydroxyl groups is 1. The number of rotatable bonds is 3. The largest absolute Gasteiger partial charge is 0.483 e. The highest BCUT2D eigenvalue weighted by Gasteiger charge is 2.44. The highest BCUT2D eigenvalue weighted by atomic mass is 16.5. The summed E-state index contributed by atoms with van der Waals surface area (Å²) in [6, 6.07) is 0. The first kappa shape index (κ1) is 16.3. The number of likely N-dealkylation sites (tertiary alicyclic amines) is 1. The third-order valence-corrected chi connectivity index (χ3v) is 4.77. The number of carbonyl (C=O) groups excluding carboxylic acids is 1. The van der Waals surface area contributed by atoms with Gasteiger partial charge in [-0.1, -0.05) is 0 Å². The number of hydrogen-bond acceptors (Lipinski definition) is 5. The zero-order valence-corrected chi connectivity index (χ0v) is 14.2. The van der Waals surface area contributed by atoms with E-state index in [0.717, 1.165) is 19.4 Å². The van der Waals surface area contributed by atoms with Crippen LogP contribution in [-0.4, -0.2) is 69.9 Å². The molecule has 7 heteroatoms. The lowest BCUT2D eigenvalue weighted by molar-refractivity contribution is -0.136. The van der Waals surface area contributed by atoms with Crippen molar-refractivity contribution in [3.05, 3.63) is 11.9 Å². The molecule has 3 rings (SSSR count). The second-order valence-electron chi connectivity index (χ2n) is 6.86. The van der Waals surface area contributed by atoms with Gasteiger partial charge < -0.3 is 19.6 Å². The Bertz CT molecular complexity index is 576. The lowest BCUT2D eigenvalue weighted by atomic mass is 9.83. The van der Waals surface area contributed by atoms with Crippen LogP contribution in [-0.2, 0) is 11.3 Å². The van der Waals surface area contributed by atoms with Crippen LogP contribution in [0.15, 0.2) is 6.20 Å². The van der Waals surface area contributed by atoms with E-state index in [2.05, 4.69) is 5.10 Å². The molecule has 1 atom stereocenters. The zero-order valence-electron chi connectivity index (χ0n) is 14.2. The molecule has 1 N–H and O–H groups in total. The fourth-order valence-corrected chi connectivity index (χ4v) is 3.45. The van der Waals surface area contributed by atoms with Gasteiger partial charge in [0.2, 0.25) is 5.91 Å². The Morgan fingerprint density at radius 3 is 2.78 bits per heavy atom. The van der Waals surface area contributed by atoms with Gasteiger partial charge in [0.05, 0.1) is 12.7 Å². The summed E-state index contributed by atoms with van der Waals surface area (Å²) in [5.74, 6) is 0.847. The van der Waals surface area contributed by atoms with Crippen LogP contribution < -0.4 is 4.74 Å². The molecule has 1 amide bonds. The topological polar surface area (TPSA) is 70.8 Å². The van der Waals surface area contributed by atoms with Crippen molar-refractivity contribution in [2.75, 3.05) is 33.7 Å². The van der Waals surface area contributed by atoms with E-state index in [1.54, 1.807) is 4.68 Å². The van der Waals surface area contributed by atoms with Crippen molar-refractivity contribution in [2.45, 2.75) is 44.4 Å². The molecule has 2 aliphatic heterocycles. The minimum Gasteiger partial charge on any atom is -0.483 e. The highest BCUT2D eigenvalue weighted by molar-refractivity contribution is 5.78. The summed E-state index contributed by atoms with van der Waals surface area (Å²) in [4.78, 5) is 15.9. The van der Waals surface area contributed by atoms with Gasteiger partial charge in [-0.3, -0.25) is 9.48 Å². The van der Waals surface area contributed by atoms with Gasteiger partial charge in [-0.05, 0) is 21.0 Å². The van der Waals surface area contributed by atoms with Crippen molar-refractivity contribution in [1.82, 2.24) is 19.6 Å². The van der Waals surface area contributed by atoms with Crippen LogP contribution in [0.25, 0.3) is 0 Å². The molecular formula is C16H26N4O3. The van der Waals surface area contributed by atoms with Crippen molar-refractivity contribution in [3.63, 3.8) is 0 Å². The van der Waals surface area contributed by atoms with Gasteiger partial charge >= 0.3 is 0 Å². The number of ether oxygens (including phenoxy) is 1. The maximum absolute atomic E-state index is 12.2. The molecule has 1 fully saturated rings. The van der Waals surface area contributed by atoms with Gasteiger partial charge in [-0.15, -0.1) is 0 Å². The fourth-order valence-electron chi connectivity index (χ4n) is 3.45. The number of likely N-dealkylation sites (N-methyl/N-ethyl adjacent to an activating group) is 1. The van der Waals surface area contributed by atoms with E-state index in [0.29, 0.717) is 37.5 Å². The zero-order chi connectivity index (χ0) is 16.6. The average Bonchev–Trinajstić information content (AvgIpc) is 2.90. The SMILES string of the molecule is CCn1cc2c(n1)C(O)CC1(CCN(C(=O)CN(C)C)CC1)O2. The lowest BCUT2D eigenvalue weighted by Gasteiger charge is -2.44. The molecule has 0 aromatic carbocycles. The van der Waals surface area contributed by atoms with E-state index in [4.69, 9.17) is 4.74 Å². The second kappa shape index (κ2) is 6.13. The van der Waals surface area contributed by atoms with Gasteiger partial charge in [0.15, 0.2) is 5.75 Å². The Labute approximate surface area is 136 Å². The molecular weight excluding hydrogens is 296 g/mol. The van der Waals surface area contributed by atoms with Gasteiger partial charge in [0.1, 0.15) is 17.4 Å². The predicted molar refractivity (Wildman–Crippen MR) is 85.2 cm³/mol. The Morgan fingerprint density at radius 2 is 2.17 bits per heavy atom. The molecule has 2 aliphatic rings. The van der Waals surface area contributed by atoms with Gasteiger partial charge in [0, 0.05) is 38.9 Å². The maximum Gasteiger partial charge on any atom is 0.236 e. The standard InChI is InChI=1S/C16H26N4O3/c1-4-20-10-13-15(17-20)12(21)9-16(23-13)5-7-19(8-6-16)14(22)11-18(2)3/h10,12,21H,4-9,11H2,1-3H3. The monoisotopic (exact) mass is 322 g/mol. The van der Waals surface area contributed by atoms with Gasteiger partial charge in [-0.2, -0.15) is 5.10 Å². The van der Waals surface area contributed by atoms with Crippen molar-refractivity contribution in [2.24, 2.45) is 0 Å². The molecule has 23 heavy (non-hydrogen) atoms. The second-order valence-corrected chi connectivity index (χ2v) is 6.86. The average molecular weight is 322 g/mol. The van der Waals surface area contributed by atoms with E-state index in [9.17, 15) is 9.90 Å². The quantitative estimate of drug-likeness (QED) is 0.884. The summed E-state index contributed by atoms with van der Waals surface area (Å²) in [5.41, 5.74) is 0.270. The third kappa shape index (κ3) is 3.21. The highest BCUT2D eigenvalue weighted by Crippen LogP contribution is 2.43. The van der Waals surface area contributed by atoms with E-state index >= 15 is 0 Å². The number of piperidine rings is 1. The number of aryl methyl sites for hydroxylation is 1. The summed E-state index contributed by atoms with van der Waals surface area (Å²) in [6.07, 6.45) is 3.33. The number of fused-ring (bicyclic) bond motifs is 1. The van der Waals surface area contributed by atoms with Crippen molar-refractivity contribution < 1.29 is 14.6 Å². The van der Waals surface area contributed by atoms with E-state index < -0.39 is 6.10 Å². The van der Waals surface area contributed by atoms with Gasteiger partial charge in [0.25, 0.3) is 0 Å². The number of nitrogens with zero attached hydrogens (tertiary/aromatic N) is 4. The molecule has 1 aromatic heterocycles. The molecule has 0 radical (unpaired) electrons. The van der Waals surface area contributed by atoms with Crippen LogP contribution in [0.5, 0.6) is 5.75 Å². The van der Waals surface area contributed by atoms with Crippen LogP contribution in [0, 0.1) is 0 Å². The smallest absolute Gasteiger partial charge is 0.236 e. The first-order chi connectivity index (χ1) is 10.9. The van der Waals surface area contributed by atoms with Crippen molar-refractivity contribution in [3.8, 4) is 5.75 Å².